The summed E-state index contributed by atoms with van der Waals surface area (Å²) in [5.41, 5.74) is 2.66. The van der Waals surface area contributed by atoms with Gasteiger partial charge in [0.2, 0.25) is 11.8 Å². The lowest BCUT2D eigenvalue weighted by Crippen LogP contribution is -2.40. The number of rotatable bonds is 7. The quantitative estimate of drug-likeness (QED) is 0.654. The first-order valence-corrected chi connectivity index (χ1v) is 9.40. The van der Waals surface area contributed by atoms with Crippen LogP contribution in [0.5, 0.6) is 0 Å². The van der Waals surface area contributed by atoms with E-state index in [9.17, 15) is 9.59 Å². The molecule has 3 aromatic rings. The highest BCUT2D eigenvalue weighted by Gasteiger charge is 2.17. The third kappa shape index (κ3) is 5.69. The van der Waals surface area contributed by atoms with E-state index in [2.05, 4.69) is 5.32 Å². The van der Waals surface area contributed by atoms with Crippen molar-refractivity contribution < 1.29 is 9.59 Å². The standard InChI is InChI=1S/C23H21ClN2O2/c24-20-13-11-18(12-14-20)15-22(27)25-16-23(28)26(21-9-5-2-6-10-21)17-19-7-3-1-4-8-19/h1-14H,15-17H2,(H,25,27). The van der Waals surface area contributed by atoms with Gasteiger partial charge in [-0.25, -0.2) is 0 Å². The van der Waals surface area contributed by atoms with Crippen molar-refractivity contribution in [2.24, 2.45) is 0 Å². The average Bonchev–Trinajstić information content (AvgIpc) is 2.73. The molecule has 0 radical (unpaired) electrons. The van der Waals surface area contributed by atoms with Crippen molar-refractivity contribution in [1.82, 2.24) is 5.32 Å². The van der Waals surface area contributed by atoms with Crippen LogP contribution in [0.4, 0.5) is 5.69 Å². The van der Waals surface area contributed by atoms with Crippen LogP contribution in [0.25, 0.3) is 0 Å². The molecule has 0 fully saturated rings. The Balaban J connectivity index is 1.64. The van der Waals surface area contributed by atoms with Gasteiger partial charge in [0.25, 0.3) is 0 Å². The van der Waals surface area contributed by atoms with Crippen LogP contribution in [-0.4, -0.2) is 18.4 Å². The lowest BCUT2D eigenvalue weighted by Gasteiger charge is -2.23. The SMILES string of the molecule is O=C(Cc1ccc(Cl)cc1)NCC(=O)N(Cc1ccccc1)c1ccccc1. The van der Waals surface area contributed by atoms with E-state index >= 15 is 0 Å². The molecule has 0 aliphatic rings. The predicted molar refractivity (Wildman–Crippen MR) is 112 cm³/mol. The fourth-order valence-corrected chi connectivity index (χ4v) is 2.94. The molecule has 4 nitrogen and oxygen atoms in total. The highest BCUT2D eigenvalue weighted by molar-refractivity contribution is 6.30. The third-order valence-electron chi connectivity index (χ3n) is 4.27. The molecule has 0 spiro atoms. The van der Waals surface area contributed by atoms with Crippen molar-refractivity contribution in [2.75, 3.05) is 11.4 Å². The molecule has 0 aliphatic heterocycles. The second-order valence-electron chi connectivity index (χ2n) is 6.38. The summed E-state index contributed by atoms with van der Waals surface area (Å²) in [6, 6.07) is 26.3. The molecule has 0 aromatic heterocycles. The van der Waals surface area contributed by atoms with E-state index in [0.29, 0.717) is 11.6 Å². The molecule has 1 N–H and O–H groups in total. The Morgan fingerprint density at radius 1 is 0.786 bits per heavy atom. The van der Waals surface area contributed by atoms with E-state index in [0.717, 1.165) is 16.8 Å². The van der Waals surface area contributed by atoms with Crippen molar-refractivity contribution in [3.63, 3.8) is 0 Å². The molecule has 0 aliphatic carbocycles. The number of hydrogen-bond acceptors (Lipinski definition) is 2. The summed E-state index contributed by atoms with van der Waals surface area (Å²) >= 11 is 5.86. The number of amides is 2. The van der Waals surface area contributed by atoms with Gasteiger partial charge in [-0.3, -0.25) is 9.59 Å². The molecule has 5 heteroatoms. The van der Waals surface area contributed by atoms with Crippen molar-refractivity contribution in [2.45, 2.75) is 13.0 Å². The van der Waals surface area contributed by atoms with Gasteiger partial charge >= 0.3 is 0 Å². The van der Waals surface area contributed by atoms with Crippen LogP contribution >= 0.6 is 11.6 Å². The van der Waals surface area contributed by atoms with Crippen LogP contribution in [-0.2, 0) is 22.6 Å². The number of carbonyl (C=O) groups excluding carboxylic acids is 2. The monoisotopic (exact) mass is 392 g/mol. The first kappa shape index (κ1) is 19.6. The van der Waals surface area contributed by atoms with E-state index < -0.39 is 0 Å². The normalized spacial score (nSPS) is 10.3. The molecule has 3 rings (SSSR count). The van der Waals surface area contributed by atoms with Gasteiger partial charge in [0.1, 0.15) is 0 Å². The Hall–Kier alpha value is -3.11. The number of anilines is 1. The summed E-state index contributed by atoms with van der Waals surface area (Å²) in [6.07, 6.45) is 0.203. The van der Waals surface area contributed by atoms with Gasteiger partial charge in [-0.15, -0.1) is 0 Å². The number of carbonyl (C=O) groups is 2. The maximum atomic E-state index is 12.8. The molecular weight excluding hydrogens is 372 g/mol. The molecule has 0 saturated heterocycles. The molecule has 142 valence electrons. The molecule has 0 bridgehead atoms. The summed E-state index contributed by atoms with van der Waals surface area (Å²) in [5.74, 6) is -0.372. The average molecular weight is 393 g/mol. The number of halogens is 1. The number of nitrogens with zero attached hydrogens (tertiary/aromatic N) is 1. The third-order valence-corrected chi connectivity index (χ3v) is 4.52. The zero-order chi connectivity index (χ0) is 19.8. The van der Waals surface area contributed by atoms with E-state index in [1.807, 2.05) is 60.7 Å². The zero-order valence-corrected chi connectivity index (χ0v) is 16.1. The van der Waals surface area contributed by atoms with Crippen molar-refractivity contribution in [1.29, 1.82) is 0 Å². The van der Waals surface area contributed by atoms with Gasteiger partial charge in [0.15, 0.2) is 0 Å². The van der Waals surface area contributed by atoms with Crippen LogP contribution in [0.15, 0.2) is 84.9 Å². The fourth-order valence-electron chi connectivity index (χ4n) is 2.82. The molecule has 28 heavy (non-hydrogen) atoms. The van der Waals surface area contributed by atoms with Gasteiger partial charge in [0, 0.05) is 10.7 Å². The molecule has 0 saturated carbocycles. The topological polar surface area (TPSA) is 49.4 Å². The van der Waals surface area contributed by atoms with Crippen LogP contribution in [0.3, 0.4) is 0 Å². The Kier molecular flexibility index (Phi) is 6.82. The smallest absolute Gasteiger partial charge is 0.246 e. The number of benzene rings is 3. The van der Waals surface area contributed by atoms with E-state index in [1.165, 1.54) is 0 Å². The van der Waals surface area contributed by atoms with Gasteiger partial charge in [0.05, 0.1) is 19.5 Å². The van der Waals surface area contributed by atoms with Crippen molar-refractivity contribution in [3.05, 3.63) is 101 Å². The van der Waals surface area contributed by atoms with Gasteiger partial charge < -0.3 is 10.2 Å². The fraction of sp³-hybridized carbons (Fsp3) is 0.130. The lowest BCUT2D eigenvalue weighted by molar-refractivity contribution is -0.124. The number of para-hydroxylation sites is 1. The summed E-state index contributed by atoms with van der Waals surface area (Å²) in [7, 11) is 0. The van der Waals surface area contributed by atoms with Crippen molar-refractivity contribution >= 4 is 29.1 Å². The molecular formula is C23H21ClN2O2. The summed E-state index contributed by atoms with van der Waals surface area (Å²) in [6.45, 7) is 0.380. The number of hydrogen-bond donors (Lipinski definition) is 1. The Labute approximate surface area is 169 Å². The van der Waals surface area contributed by atoms with E-state index in [4.69, 9.17) is 11.6 Å². The summed E-state index contributed by atoms with van der Waals surface area (Å²) in [4.78, 5) is 26.7. The lowest BCUT2D eigenvalue weighted by atomic mass is 10.1. The molecule has 2 amide bonds. The first-order valence-electron chi connectivity index (χ1n) is 9.02. The van der Waals surface area contributed by atoms with Crippen LogP contribution in [0, 0.1) is 0 Å². The highest BCUT2D eigenvalue weighted by atomic mass is 35.5. The second kappa shape index (κ2) is 9.72. The first-order chi connectivity index (χ1) is 13.6. The minimum Gasteiger partial charge on any atom is -0.347 e. The highest BCUT2D eigenvalue weighted by Crippen LogP contribution is 2.17. The number of nitrogens with one attached hydrogen (secondary N) is 1. The van der Waals surface area contributed by atoms with Crippen molar-refractivity contribution in [3.8, 4) is 0 Å². The molecule has 0 heterocycles. The van der Waals surface area contributed by atoms with Crippen LogP contribution in [0.1, 0.15) is 11.1 Å². The van der Waals surface area contributed by atoms with Gasteiger partial charge in [-0.05, 0) is 35.4 Å². The van der Waals surface area contributed by atoms with Gasteiger partial charge in [-0.2, -0.15) is 0 Å². The Morgan fingerprint density at radius 2 is 1.39 bits per heavy atom. The molecule has 0 atom stereocenters. The maximum Gasteiger partial charge on any atom is 0.246 e. The molecule has 0 unspecified atom stereocenters. The minimum atomic E-state index is -0.205. The van der Waals surface area contributed by atoms with E-state index in [1.54, 1.807) is 29.2 Å². The van der Waals surface area contributed by atoms with E-state index in [-0.39, 0.29) is 24.8 Å². The predicted octanol–water partition coefficient (Wildman–Crippen LogP) is 4.23. The molecule has 3 aromatic carbocycles. The maximum absolute atomic E-state index is 12.8. The second-order valence-corrected chi connectivity index (χ2v) is 6.82. The van der Waals surface area contributed by atoms with Crippen LogP contribution < -0.4 is 10.2 Å². The Bertz CT molecular complexity index is 912. The van der Waals surface area contributed by atoms with Crippen LogP contribution in [0.2, 0.25) is 5.02 Å². The summed E-state index contributed by atoms with van der Waals surface area (Å²) in [5, 5.41) is 3.34. The largest absolute Gasteiger partial charge is 0.347 e. The summed E-state index contributed by atoms with van der Waals surface area (Å²) < 4.78 is 0. The minimum absolute atomic E-state index is 0.0614. The van der Waals surface area contributed by atoms with Gasteiger partial charge in [-0.1, -0.05) is 72.3 Å². The zero-order valence-electron chi connectivity index (χ0n) is 15.3. The Morgan fingerprint density at radius 3 is 2.04 bits per heavy atom.